The van der Waals surface area contributed by atoms with Gasteiger partial charge in [0.15, 0.2) is 0 Å². The first-order valence-corrected chi connectivity index (χ1v) is 10.4. The van der Waals surface area contributed by atoms with Gasteiger partial charge in [-0.2, -0.15) is 0 Å². The molecule has 2 atom stereocenters. The van der Waals surface area contributed by atoms with Crippen LogP contribution in [0, 0.1) is 6.92 Å². The third kappa shape index (κ3) is 4.07. The van der Waals surface area contributed by atoms with Crippen molar-refractivity contribution >= 4 is 5.91 Å². The number of methoxy groups -OCH3 is 1. The molecule has 2 heterocycles. The summed E-state index contributed by atoms with van der Waals surface area (Å²) in [5.74, 6) is 0.978. The number of benzene rings is 2. The van der Waals surface area contributed by atoms with E-state index in [-0.39, 0.29) is 11.9 Å². The van der Waals surface area contributed by atoms with Gasteiger partial charge in [-0.15, -0.1) is 0 Å². The Labute approximate surface area is 167 Å². The van der Waals surface area contributed by atoms with Crippen LogP contribution in [0.3, 0.4) is 0 Å². The van der Waals surface area contributed by atoms with Crippen molar-refractivity contribution in [3.8, 4) is 5.75 Å². The zero-order chi connectivity index (χ0) is 19.5. The minimum atomic E-state index is 0.0739. The van der Waals surface area contributed by atoms with E-state index in [1.54, 1.807) is 7.11 Å². The van der Waals surface area contributed by atoms with Gasteiger partial charge in [0.25, 0.3) is 5.91 Å². The van der Waals surface area contributed by atoms with E-state index in [1.165, 1.54) is 24.8 Å². The first-order valence-electron chi connectivity index (χ1n) is 10.4. The molecule has 0 radical (unpaired) electrons. The second kappa shape index (κ2) is 8.36. The maximum Gasteiger partial charge on any atom is 0.251 e. The second-order valence-corrected chi connectivity index (χ2v) is 8.22. The number of nitrogens with zero attached hydrogens (tertiary/aromatic N) is 1. The highest BCUT2D eigenvalue weighted by atomic mass is 16.5. The molecule has 2 aliphatic heterocycles. The summed E-state index contributed by atoms with van der Waals surface area (Å²) in [6, 6.07) is 17.6. The molecule has 4 nitrogen and oxygen atoms in total. The molecule has 2 bridgehead atoms. The van der Waals surface area contributed by atoms with Crippen molar-refractivity contribution in [2.24, 2.45) is 0 Å². The van der Waals surface area contributed by atoms with Gasteiger partial charge in [0.2, 0.25) is 0 Å². The lowest BCUT2D eigenvalue weighted by atomic mass is 9.81. The van der Waals surface area contributed by atoms with Gasteiger partial charge in [0, 0.05) is 30.2 Å². The largest absolute Gasteiger partial charge is 0.497 e. The predicted molar refractivity (Wildman–Crippen MR) is 112 cm³/mol. The lowest BCUT2D eigenvalue weighted by molar-refractivity contribution is 0.0177. The van der Waals surface area contributed by atoms with E-state index in [0.29, 0.717) is 12.1 Å². The molecule has 2 aliphatic rings. The monoisotopic (exact) mass is 378 g/mol. The smallest absolute Gasteiger partial charge is 0.251 e. The fourth-order valence-corrected chi connectivity index (χ4v) is 4.89. The summed E-state index contributed by atoms with van der Waals surface area (Å²) < 4.78 is 5.28. The number of piperidine rings is 2. The summed E-state index contributed by atoms with van der Waals surface area (Å²) >= 11 is 0. The van der Waals surface area contributed by atoms with Gasteiger partial charge >= 0.3 is 0 Å². The fraction of sp³-hybridized carbons (Fsp3) is 0.458. The lowest BCUT2D eigenvalue weighted by Crippen LogP contribution is -2.56. The number of ether oxygens (including phenoxy) is 1. The van der Waals surface area contributed by atoms with Gasteiger partial charge in [0.05, 0.1) is 7.11 Å². The summed E-state index contributed by atoms with van der Waals surface area (Å²) in [4.78, 5) is 15.4. The van der Waals surface area contributed by atoms with Crippen LogP contribution < -0.4 is 10.1 Å². The highest BCUT2D eigenvalue weighted by Crippen LogP contribution is 2.35. The number of fused-ring (bicyclic) bond motifs is 2. The first-order chi connectivity index (χ1) is 13.6. The van der Waals surface area contributed by atoms with Gasteiger partial charge in [-0.25, -0.2) is 0 Å². The van der Waals surface area contributed by atoms with Crippen molar-refractivity contribution in [3.63, 3.8) is 0 Å². The summed E-state index contributed by atoms with van der Waals surface area (Å²) in [5.41, 5.74) is 3.17. The quantitative estimate of drug-likeness (QED) is 0.842. The van der Waals surface area contributed by atoms with E-state index in [4.69, 9.17) is 4.74 Å². The van der Waals surface area contributed by atoms with Crippen LogP contribution in [0.1, 0.15) is 53.6 Å². The van der Waals surface area contributed by atoms with Crippen LogP contribution in [0.25, 0.3) is 0 Å². The van der Waals surface area contributed by atoms with Crippen LogP contribution in [-0.4, -0.2) is 36.0 Å². The van der Waals surface area contributed by atoms with Crippen molar-refractivity contribution in [3.05, 3.63) is 65.2 Å². The van der Waals surface area contributed by atoms with Crippen molar-refractivity contribution in [1.29, 1.82) is 0 Å². The molecule has 0 spiro atoms. The molecule has 148 valence electrons. The van der Waals surface area contributed by atoms with E-state index < -0.39 is 0 Å². The zero-order valence-electron chi connectivity index (χ0n) is 16.9. The molecular weight excluding hydrogens is 348 g/mol. The number of nitrogens with one attached hydrogen (secondary N) is 1. The number of aryl methyl sites for hydroxylation is 1. The summed E-state index contributed by atoms with van der Waals surface area (Å²) in [6.45, 7) is 2.99. The average Bonchev–Trinajstić information content (AvgIpc) is 2.69. The third-order valence-electron chi connectivity index (χ3n) is 6.38. The Balaban J connectivity index is 1.41. The van der Waals surface area contributed by atoms with Crippen molar-refractivity contribution < 1.29 is 9.53 Å². The SMILES string of the molecule is COc1ccc(CN2[C@@H]3CCC[C@@H]2CC(NC(=O)c2ccccc2C)C3)cc1. The fourth-order valence-electron chi connectivity index (χ4n) is 4.89. The topological polar surface area (TPSA) is 41.6 Å². The van der Waals surface area contributed by atoms with E-state index in [1.807, 2.05) is 43.3 Å². The zero-order valence-corrected chi connectivity index (χ0v) is 16.9. The normalized spacial score (nSPS) is 24.6. The number of hydrogen-bond donors (Lipinski definition) is 1. The van der Waals surface area contributed by atoms with Gasteiger partial charge in [0.1, 0.15) is 5.75 Å². The maximum absolute atomic E-state index is 12.7. The number of rotatable bonds is 5. The highest BCUT2D eigenvalue weighted by Gasteiger charge is 2.38. The predicted octanol–water partition coefficient (Wildman–Crippen LogP) is 4.32. The van der Waals surface area contributed by atoms with Crippen LogP contribution in [-0.2, 0) is 6.54 Å². The third-order valence-corrected chi connectivity index (χ3v) is 6.38. The molecular formula is C24H30N2O2. The molecule has 0 aromatic heterocycles. The molecule has 2 aromatic carbocycles. The molecule has 28 heavy (non-hydrogen) atoms. The molecule has 0 saturated carbocycles. The molecule has 4 rings (SSSR count). The molecule has 1 N–H and O–H groups in total. The second-order valence-electron chi connectivity index (χ2n) is 8.22. The van der Waals surface area contributed by atoms with Crippen molar-refractivity contribution in [2.45, 2.75) is 63.7 Å². The number of hydrogen-bond acceptors (Lipinski definition) is 3. The average molecular weight is 379 g/mol. The van der Waals surface area contributed by atoms with Gasteiger partial charge < -0.3 is 10.1 Å². The Bertz CT molecular complexity index is 804. The van der Waals surface area contributed by atoms with Crippen LogP contribution in [0.5, 0.6) is 5.75 Å². The first kappa shape index (κ1) is 19.0. The molecule has 0 unspecified atom stereocenters. The Hall–Kier alpha value is -2.33. The Morgan fingerprint density at radius 2 is 1.75 bits per heavy atom. The molecule has 1 amide bonds. The standard InChI is InChI=1S/C24H30N2O2/c1-17-6-3-4-9-23(17)24(27)25-19-14-20-7-5-8-21(15-19)26(20)16-18-10-12-22(28-2)13-11-18/h3-4,6,9-13,19-21H,5,7-8,14-16H2,1-2H3,(H,25,27)/t20-,21-/m1/s1. The van der Waals surface area contributed by atoms with E-state index >= 15 is 0 Å². The summed E-state index contributed by atoms with van der Waals surface area (Å²) in [5, 5.41) is 3.32. The van der Waals surface area contributed by atoms with E-state index in [2.05, 4.69) is 22.3 Å². The number of carbonyl (C=O) groups excluding carboxylic acids is 1. The van der Waals surface area contributed by atoms with Gasteiger partial charge in [-0.1, -0.05) is 36.8 Å². The van der Waals surface area contributed by atoms with Crippen molar-refractivity contribution in [2.75, 3.05) is 7.11 Å². The number of amides is 1. The van der Waals surface area contributed by atoms with Gasteiger partial charge in [-0.05, 0) is 61.9 Å². The minimum absolute atomic E-state index is 0.0739. The molecule has 2 fully saturated rings. The van der Waals surface area contributed by atoms with Gasteiger partial charge in [-0.3, -0.25) is 9.69 Å². The van der Waals surface area contributed by atoms with E-state index in [0.717, 1.165) is 36.3 Å². The van der Waals surface area contributed by atoms with Crippen LogP contribution in [0.4, 0.5) is 0 Å². The molecule has 2 saturated heterocycles. The number of carbonyl (C=O) groups is 1. The van der Waals surface area contributed by atoms with Crippen LogP contribution in [0.15, 0.2) is 48.5 Å². The van der Waals surface area contributed by atoms with Crippen molar-refractivity contribution in [1.82, 2.24) is 10.2 Å². The van der Waals surface area contributed by atoms with E-state index in [9.17, 15) is 4.79 Å². The molecule has 2 aromatic rings. The maximum atomic E-state index is 12.7. The van der Waals surface area contributed by atoms with Crippen LogP contribution in [0.2, 0.25) is 0 Å². The molecule has 4 heteroatoms. The Morgan fingerprint density at radius 3 is 2.39 bits per heavy atom. The molecule has 0 aliphatic carbocycles. The van der Waals surface area contributed by atoms with Crippen LogP contribution >= 0.6 is 0 Å². The Kier molecular flexibility index (Phi) is 5.67. The lowest BCUT2D eigenvalue weighted by Gasteiger charge is -2.49. The Morgan fingerprint density at radius 1 is 1.07 bits per heavy atom. The summed E-state index contributed by atoms with van der Waals surface area (Å²) in [7, 11) is 1.70. The minimum Gasteiger partial charge on any atom is -0.497 e. The highest BCUT2D eigenvalue weighted by molar-refractivity contribution is 5.95. The summed E-state index contributed by atoms with van der Waals surface area (Å²) in [6.07, 6.45) is 5.84.